The van der Waals surface area contributed by atoms with Gasteiger partial charge in [0, 0.05) is 24.5 Å². The van der Waals surface area contributed by atoms with Crippen LogP contribution < -0.4 is 10.0 Å². The molecule has 0 unspecified atom stereocenters. The van der Waals surface area contributed by atoms with E-state index in [0.29, 0.717) is 22.9 Å². The van der Waals surface area contributed by atoms with Gasteiger partial charge in [0.25, 0.3) is 0 Å². The van der Waals surface area contributed by atoms with Crippen molar-refractivity contribution in [3.05, 3.63) is 23.8 Å². The van der Waals surface area contributed by atoms with Gasteiger partial charge in [0.1, 0.15) is 0 Å². The van der Waals surface area contributed by atoms with Crippen LogP contribution in [0.5, 0.6) is 0 Å². The highest BCUT2D eigenvalue weighted by atomic mass is 32.2. The Morgan fingerprint density at radius 3 is 3.10 bits per heavy atom. The van der Waals surface area contributed by atoms with Crippen molar-refractivity contribution in [2.45, 2.75) is 17.7 Å². The van der Waals surface area contributed by atoms with E-state index in [1.165, 1.54) is 17.3 Å². The van der Waals surface area contributed by atoms with E-state index in [2.05, 4.69) is 16.0 Å². The zero-order valence-electron chi connectivity index (χ0n) is 11.2. The molecular formula is C14H18N2O2S2. The van der Waals surface area contributed by atoms with Crippen LogP contribution in [0, 0.1) is 12.3 Å². The van der Waals surface area contributed by atoms with Crippen LogP contribution in [0.3, 0.4) is 0 Å². The number of fused-ring (bicyclic) bond motifs is 1. The molecule has 0 radical (unpaired) electrons. The van der Waals surface area contributed by atoms with Crippen molar-refractivity contribution < 1.29 is 8.42 Å². The van der Waals surface area contributed by atoms with Crippen molar-refractivity contribution in [3.63, 3.8) is 0 Å². The van der Waals surface area contributed by atoms with Crippen LogP contribution in [0.15, 0.2) is 23.1 Å². The molecule has 0 aliphatic carbocycles. The number of nitrogens with one attached hydrogen (secondary N) is 2. The third-order valence-electron chi connectivity index (χ3n) is 3.05. The van der Waals surface area contributed by atoms with E-state index in [4.69, 9.17) is 6.42 Å². The summed E-state index contributed by atoms with van der Waals surface area (Å²) in [4.78, 5) is 0.313. The molecule has 0 aromatic heterocycles. The standard InChI is InChI=1S/C14H18N2O2S2/c1-2-9-19-10-8-16-20(17,18)13-6-5-12-4-3-7-15-14(12)11-13/h1,5-6,11,15-16H,3-4,7-10H2. The molecule has 1 heterocycles. The SMILES string of the molecule is C#CCSCCNS(=O)(=O)c1ccc2c(c1)NCCC2. The van der Waals surface area contributed by atoms with Gasteiger partial charge in [0.2, 0.25) is 10.0 Å². The number of aryl methyl sites for hydroxylation is 1. The maximum absolute atomic E-state index is 12.2. The Balaban J connectivity index is 2.00. The second kappa shape index (κ2) is 7.02. The first-order valence-electron chi connectivity index (χ1n) is 6.51. The quantitative estimate of drug-likeness (QED) is 0.620. The lowest BCUT2D eigenvalue weighted by Crippen LogP contribution is -2.26. The average molecular weight is 310 g/mol. The van der Waals surface area contributed by atoms with Gasteiger partial charge in [-0.15, -0.1) is 18.2 Å². The lowest BCUT2D eigenvalue weighted by atomic mass is 10.0. The lowest BCUT2D eigenvalue weighted by Gasteiger charge is -2.18. The summed E-state index contributed by atoms with van der Waals surface area (Å²) in [5, 5.41) is 3.24. The van der Waals surface area contributed by atoms with Crippen LogP contribution in [-0.4, -0.2) is 33.0 Å². The van der Waals surface area contributed by atoms with E-state index in [-0.39, 0.29) is 0 Å². The summed E-state index contributed by atoms with van der Waals surface area (Å²) < 4.78 is 26.9. The molecule has 0 spiro atoms. The molecule has 0 saturated heterocycles. The molecule has 108 valence electrons. The molecule has 20 heavy (non-hydrogen) atoms. The highest BCUT2D eigenvalue weighted by Gasteiger charge is 2.16. The second-order valence-corrected chi connectivity index (χ2v) is 7.38. The van der Waals surface area contributed by atoms with Crippen molar-refractivity contribution in [3.8, 4) is 12.3 Å². The Hall–Kier alpha value is -1.16. The van der Waals surface area contributed by atoms with E-state index in [1.54, 1.807) is 12.1 Å². The summed E-state index contributed by atoms with van der Waals surface area (Å²) in [5.74, 6) is 3.78. The maximum Gasteiger partial charge on any atom is 0.240 e. The molecule has 6 heteroatoms. The Labute approximate surface area is 124 Å². The minimum Gasteiger partial charge on any atom is -0.385 e. The van der Waals surface area contributed by atoms with Gasteiger partial charge in [-0.2, -0.15) is 0 Å². The zero-order valence-corrected chi connectivity index (χ0v) is 12.8. The summed E-state index contributed by atoms with van der Waals surface area (Å²) in [7, 11) is -3.44. The van der Waals surface area contributed by atoms with Crippen molar-refractivity contribution in [1.29, 1.82) is 0 Å². The zero-order chi connectivity index (χ0) is 14.4. The Morgan fingerprint density at radius 2 is 2.30 bits per heavy atom. The van der Waals surface area contributed by atoms with Crippen LogP contribution >= 0.6 is 11.8 Å². The number of thioether (sulfide) groups is 1. The molecule has 1 aliphatic rings. The first-order valence-corrected chi connectivity index (χ1v) is 9.15. The molecule has 0 atom stereocenters. The van der Waals surface area contributed by atoms with Gasteiger partial charge in [0.15, 0.2) is 0 Å². The molecule has 1 aromatic rings. The van der Waals surface area contributed by atoms with E-state index in [9.17, 15) is 8.42 Å². The molecule has 0 saturated carbocycles. The molecule has 2 rings (SSSR count). The highest BCUT2D eigenvalue weighted by molar-refractivity contribution is 7.99. The smallest absolute Gasteiger partial charge is 0.240 e. The number of terminal acetylenes is 1. The fourth-order valence-corrected chi connectivity index (χ4v) is 3.77. The van der Waals surface area contributed by atoms with E-state index in [0.717, 1.165) is 25.1 Å². The molecule has 1 aliphatic heterocycles. The Kier molecular flexibility index (Phi) is 5.35. The van der Waals surface area contributed by atoms with Crippen molar-refractivity contribution >= 4 is 27.5 Å². The Morgan fingerprint density at radius 1 is 1.45 bits per heavy atom. The first kappa shape index (κ1) is 15.2. The van der Waals surface area contributed by atoms with Crippen LogP contribution in [0.2, 0.25) is 0 Å². The molecule has 1 aromatic carbocycles. The van der Waals surface area contributed by atoms with Crippen molar-refractivity contribution in [1.82, 2.24) is 4.72 Å². The van der Waals surface area contributed by atoms with Crippen molar-refractivity contribution in [2.24, 2.45) is 0 Å². The fraction of sp³-hybridized carbons (Fsp3) is 0.429. The van der Waals surface area contributed by atoms with Gasteiger partial charge in [-0.1, -0.05) is 12.0 Å². The predicted molar refractivity (Wildman–Crippen MR) is 84.6 cm³/mol. The average Bonchev–Trinajstić information content (AvgIpc) is 2.46. The van der Waals surface area contributed by atoms with Crippen LogP contribution in [0.1, 0.15) is 12.0 Å². The minimum atomic E-state index is -3.44. The first-order chi connectivity index (χ1) is 9.63. The number of anilines is 1. The Bertz CT molecular complexity index is 606. The van der Waals surface area contributed by atoms with Gasteiger partial charge >= 0.3 is 0 Å². The molecule has 4 nitrogen and oxygen atoms in total. The lowest BCUT2D eigenvalue weighted by molar-refractivity contribution is 0.584. The van der Waals surface area contributed by atoms with Gasteiger partial charge in [0.05, 0.1) is 10.6 Å². The third-order valence-corrected chi connectivity index (χ3v) is 5.38. The highest BCUT2D eigenvalue weighted by Crippen LogP contribution is 2.25. The van der Waals surface area contributed by atoms with Gasteiger partial charge < -0.3 is 5.32 Å². The number of hydrogen-bond acceptors (Lipinski definition) is 4. The van der Waals surface area contributed by atoms with Crippen molar-refractivity contribution in [2.75, 3.05) is 29.9 Å². The van der Waals surface area contributed by atoms with E-state index in [1.807, 2.05) is 6.07 Å². The molecule has 0 fully saturated rings. The predicted octanol–water partition coefficient (Wildman–Crippen LogP) is 1.69. The maximum atomic E-state index is 12.2. The van der Waals surface area contributed by atoms with Crippen LogP contribution in [-0.2, 0) is 16.4 Å². The van der Waals surface area contributed by atoms with Gasteiger partial charge in [-0.05, 0) is 30.5 Å². The number of sulfonamides is 1. The van der Waals surface area contributed by atoms with E-state index >= 15 is 0 Å². The van der Waals surface area contributed by atoms with Gasteiger partial charge in [-0.3, -0.25) is 0 Å². The largest absolute Gasteiger partial charge is 0.385 e. The minimum absolute atomic E-state index is 0.313. The number of benzene rings is 1. The molecule has 2 N–H and O–H groups in total. The summed E-state index contributed by atoms with van der Waals surface area (Å²) >= 11 is 1.54. The topological polar surface area (TPSA) is 58.2 Å². The monoisotopic (exact) mass is 310 g/mol. The van der Waals surface area contributed by atoms with Gasteiger partial charge in [-0.25, -0.2) is 13.1 Å². The summed E-state index contributed by atoms with van der Waals surface area (Å²) in [6.45, 7) is 1.28. The molecule has 0 bridgehead atoms. The fourth-order valence-electron chi connectivity index (χ4n) is 2.07. The molecule has 0 amide bonds. The summed E-state index contributed by atoms with van der Waals surface area (Å²) in [6.07, 6.45) is 7.22. The van der Waals surface area contributed by atoms with Crippen LogP contribution in [0.4, 0.5) is 5.69 Å². The number of rotatable bonds is 6. The third kappa shape index (κ3) is 3.92. The van der Waals surface area contributed by atoms with Crippen LogP contribution in [0.25, 0.3) is 0 Å². The molecular weight excluding hydrogens is 292 g/mol. The second-order valence-electron chi connectivity index (χ2n) is 4.50. The number of hydrogen-bond donors (Lipinski definition) is 2. The summed E-state index contributed by atoms with van der Waals surface area (Å²) in [5.41, 5.74) is 2.11. The van der Waals surface area contributed by atoms with E-state index < -0.39 is 10.0 Å². The normalized spacial score (nSPS) is 14.2. The summed E-state index contributed by atoms with van der Waals surface area (Å²) in [6, 6.07) is 5.28.